The van der Waals surface area contributed by atoms with Gasteiger partial charge in [0.25, 0.3) is 5.91 Å². The van der Waals surface area contributed by atoms with E-state index in [1.165, 1.54) is 11.1 Å². The molecule has 3 heterocycles. The first-order chi connectivity index (χ1) is 14.9. The fourth-order valence-electron chi connectivity index (χ4n) is 5.37. The number of nitrogens with zero attached hydrogens (tertiary/aromatic N) is 3. The summed E-state index contributed by atoms with van der Waals surface area (Å²) >= 11 is 0. The molecule has 2 aromatic carbocycles. The van der Waals surface area contributed by atoms with E-state index in [-0.39, 0.29) is 24.1 Å². The van der Waals surface area contributed by atoms with E-state index in [1.54, 1.807) is 15.9 Å². The van der Waals surface area contributed by atoms with E-state index in [1.807, 2.05) is 42.2 Å². The number of anilines is 2. The monoisotopic (exact) mass is 417 g/mol. The summed E-state index contributed by atoms with van der Waals surface area (Å²) in [5, 5.41) is 0. The van der Waals surface area contributed by atoms with Crippen molar-refractivity contribution in [3.63, 3.8) is 0 Å². The van der Waals surface area contributed by atoms with Crippen LogP contribution in [0.15, 0.2) is 42.5 Å². The van der Waals surface area contributed by atoms with Crippen molar-refractivity contribution >= 4 is 29.1 Å². The van der Waals surface area contributed by atoms with Crippen molar-refractivity contribution in [3.05, 3.63) is 59.2 Å². The van der Waals surface area contributed by atoms with Gasteiger partial charge in [0.05, 0.1) is 11.3 Å². The van der Waals surface area contributed by atoms with Crippen molar-refractivity contribution in [2.24, 2.45) is 0 Å². The molecule has 160 valence electrons. The van der Waals surface area contributed by atoms with Gasteiger partial charge in [-0.05, 0) is 56.9 Å². The lowest BCUT2D eigenvalue weighted by Crippen LogP contribution is -2.62. The van der Waals surface area contributed by atoms with Crippen LogP contribution in [0, 0.1) is 6.92 Å². The third-order valence-corrected chi connectivity index (χ3v) is 6.95. The number of benzene rings is 2. The highest BCUT2D eigenvalue weighted by atomic mass is 16.2. The summed E-state index contributed by atoms with van der Waals surface area (Å²) in [6, 6.07) is 13.5. The van der Waals surface area contributed by atoms with Gasteiger partial charge >= 0.3 is 0 Å². The number of carbonyl (C=O) groups is 3. The molecule has 1 saturated heterocycles. The molecule has 0 aromatic heterocycles. The average molecular weight is 418 g/mol. The van der Waals surface area contributed by atoms with E-state index in [0.29, 0.717) is 37.2 Å². The Balaban J connectivity index is 1.40. The molecule has 1 fully saturated rings. The summed E-state index contributed by atoms with van der Waals surface area (Å²) in [5.74, 6) is -0.0541. The zero-order valence-corrected chi connectivity index (χ0v) is 18.1. The SMILES string of the molecule is Cc1ccc2c(c1)CCCN2C(=O)CCN1C(=O)c2ccccc2N2C(=O)CCC12C. The molecular weight excluding hydrogens is 390 g/mol. The van der Waals surface area contributed by atoms with Gasteiger partial charge in [0.15, 0.2) is 0 Å². The van der Waals surface area contributed by atoms with Crippen LogP contribution in [-0.2, 0) is 16.0 Å². The number of carbonyl (C=O) groups excluding carboxylic acids is 3. The minimum atomic E-state index is -0.723. The van der Waals surface area contributed by atoms with Crippen molar-refractivity contribution < 1.29 is 14.4 Å². The van der Waals surface area contributed by atoms with Crippen molar-refractivity contribution in [1.82, 2.24) is 4.90 Å². The van der Waals surface area contributed by atoms with Gasteiger partial charge < -0.3 is 9.80 Å². The third kappa shape index (κ3) is 3.04. The largest absolute Gasteiger partial charge is 0.315 e. The topological polar surface area (TPSA) is 60.9 Å². The standard InChI is InChI=1S/C25H27N3O3/c1-17-9-10-20-18(16-17)6-5-14-26(20)22(29)12-15-27-24(31)19-7-3-4-8-21(19)28-23(30)11-13-25(27,28)2/h3-4,7-10,16H,5-6,11-15H2,1-2H3. The predicted molar refractivity (Wildman–Crippen MR) is 119 cm³/mol. The Labute approximate surface area is 182 Å². The van der Waals surface area contributed by atoms with Crippen LogP contribution in [0.1, 0.15) is 54.1 Å². The summed E-state index contributed by atoms with van der Waals surface area (Å²) in [5.41, 5.74) is 3.88. The summed E-state index contributed by atoms with van der Waals surface area (Å²) in [4.78, 5) is 44.6. The van der Waals surface area contributed by atoms with Gasteiger partial charge in [-0.25, -0.2) is 0 Å². The minimum absolute atomic E-state index is 0.0240. The number of hydrogen-bond acceptors (Lipinski definition) is 3. The Bertz CT molecular complexity index is 1100. The third-order valence-electron chi connectivity index (χ3n) is 6.95. The Kier molecular flexibility index (Phi) is 4.61. The lowest BCUT2D eigenvalue weighted by atomic mass is 9.97. The highest BCUT2D eigenvalue weighted by molar-refractivity contribution is 6.10. The van der Waals surface area contributed by atoms with Crippen LogP contribution in [0.5, 0.6) is 0 Å². The molecular formula is C25H27N3O3. The maximum Gasteiger partial charge on any atom is 0.257 e. The fraction of sp³-hybridized carbons (Fsp3) is 0.400. The number of amides is 3. The molecule has 0 spiro atoms. The van der Waals surface area contributed by atoms with Crippen molar-refractivity contribution in [2.75, 3.05) is 22.9 Å². The maximum absolute atomic E-state index is 13.4. The number of fused-ring (bicyclic) bond motifs is 4. The molecule has 3 aliphatic rings. The lowest BCUT2D eigenvalue weighted by Gasteiger charge is -2.48. The Morgan fingerprint density at radius 1 is 1.06 bits per heavy atom. The molecule has 3 amide bonds. The van der Waals surface area contributed by atoms with Crippen LogP contribution < -0.4 is 9.80 Å². The minimum Gasteiger partial charge on any atom is -0.315 e. The Hall–Kier alpha value is -3.15. The van der Waals surface area contributed by atoms with Crippen LogP contribution in [0.25, 0.3) is 0 Å². The zero-order valence-electron chi connectivity index (χ0n) is 18.1. The van der Waals surface area contributed by atoms with Gasteiger partial charge in [0.1, 0.15) is 5.66 Å². The van der Waals surface area contributed by atoms with Crippen LogP contribution in [-0.4, -0.2) is 41.4 Å². The molecule has 1 atom stereocenters. The van der Waals surface area contributed by atoms with E-state index in [2.05, 4.69) is 13.0 Å². The molecule has 0 aliphatic carbocycles. The summed E-state index contributed by atoms with van der Waals surface area (Å²) < 4.78 is 0. The Morgan fingerprint density at radius 3 is 2.71 bits per heavy atom. The highest BCUT2D eigenvalue weighted by Crippen LogP contribution is 2.44. The number of hydrogen-bond donors (Lipinski definition) is 0. The van der Waals surface area contributed by atoms with Crippen molar-refractivity contribution in [3.8, 4) is 0 Å². The van der Waals surface area contributed by atoms with Gasteiger partial charge in [-0.3, -0.25) is 19.3 Å². The molecule has 6 nitrogen and oxygen atoms in total. The van der Waals surface area contributed by atoms with Crippen molar-refractivity contribution in [1.29, 1.82) is 0 Å². The fourth-order valence-corrected chi connectivity index (χ4v) is 5.37. The first kappa shape index (κ1) is 19.8. The lowest BCUT2D eigenvalue weighted by molar-refractivity contribution is -0.119. The zero-order chi connectivity index (χ0) is 21.8. The molecule has 0 N–H and O–H groups in total. The van der Waals surface area contributed by atoms with Gasteiger partial charge in [-0.2, -0.15) is 0 Å². The molecule has 5 rings (SSSR count). The molecule has 0 saturated carbocycles. The summed E-state index contributed by atoms with van der Waals surface area (Å²) in [6.45, 7) is 5.00. The van der Waals surface area contributed by atoms with Crippen LogP contribution in [0.2, 0.25) is 0 Å². The molecule has 3 aliphatic heterocycles. The van der Waals surface area contributed by atoms with Gasteiger partial charge in [0.2, 0.25) is 11.8 Å². The second-order valence-corrected chi connectivity index (χ2v) is 8.95. The quantitative estimate of drug-likeness (QED) is 0.766. The summed E-state index contributed by atoms with van der Waals surface area (Å²) in [6.07, 6.45) is 3.14. The van der Waals surface area contributed by atoms with Crippen molar-refractivity contribution in [2.45, 2.75) is 51.6 Å². The van der Waals surface area contributed by atoms with Crippen LogP contribution in [0.3, 0.4) is 0 Å². The first-order valence-electron chi connectivity index (χ1n) is 11.0. The number of aryl methyl sites for hydroxylation is 2. The molecule has 0 bridgehead atoms. The average Bonchev–Trinajstić information content (AvgIpc) is 3.08. The maximum atomic E-state index is 13.4. The molecule has 31 heavy (non-hydrogen) atoms. The van der Waals surface area contributed by atoms with E-state index in [4.69, 9.17) is 0 Å². The van der Waals surface area contributed by atoms with Crippen LogP contribution >= 0.6 is 0 Å². The van der Waals surface area contributed by atoms with E-state index < -0.39 is 5.66 Å². The highest BCUT2D eigenvalue weighted by Gasteiger charge is 2.52. The number of rotatable bonds is 3. The summed E-state index contributed by atoms with van der Waals surface area (Å²) in [7, 11) is 0. The second-order valence-electron chi connectivity index (χ2n) is 8.95. The van der Waals surface area contributed by atoms with Gasteiger partial charge in [-0.1, -0.05) is 29.8 Å². The first-order valence-corrected chi connectivity index (χ1v) is 11.0. The Morgan fingerprint density at radius 2 is 1.87 bits per heavy atom. The second kappa shape index (κ2) is 7.22. The van der Waals surface area contributed by atoms with E-state index in [9.17, 15) is 14.4 Å². The normalized spacial score (nSPS) is 22.3. The molecule has 0 radical (unpaired) electrons. The number of para-hydroxylation sites is 1. The molecule has 6 heteroatoms. The predicted octanol–water partition coefficient (Wildman–Crippen LogP) is 3.66. The van der Waals surface area contributed by atoms with Crippen LogP contribution in [0.4, 0.5) is 11.4 Å². The van der Waals surface area contributed by atoms with E-state index in [0.717, 1.165) is 18.5 Å². The molecule has 2 aromatic rings. The smallest absolute Gasteiger partial charge is 0.257 e. The van der Waals surface area contributed by atoms with Gasteiger partial charge in [0, 0.05) is 31.6 Å². The van der Waals surface area contributed by atoms with E-state index >= 15 is 0 Å². The van der Waals surface area contributed by atoms with Gasteiger partial charge in [-0.15, -0.1) is 0 Å². The molecule has 1 unspecified atom stereocenters.